The molecule has 0 bridgehead atoms. The van der Waals surface area contributed by atoms with E-state index < -0.39 is 0 Å². The molecule has 2 aromatic rings. The van der Waals surface area contributed by atoms with Crippen molar-refractivity contribution in [2.75, 3.05) is 27.6 Å². The Kier molecular flexibility index (Phi) is 4.63. The van der Waals surface area contributed by atoms with Gasteiger partial charge in [-0.3, -0.25) is 4.79 Å². The predicted octanol–water partition coefficient (Wildman–Crippen LogP) is 3.71. The highest BCUT2D eigenvalue weighted by atomic mass is 127. The second-order valence-electron chi connectivity index (χ2n) is 6.17. The number of methoxy groups -OCH3 is 2. The third-order valence-corrected chi connectivity index (χ3v) is 5.79. The lowest BCUT2D eigenvalue weighted by Crippen LogP contribution is -2.25. The van der Waals surface area contributed by atoms with Gasteiger partial charge in [0.2, 0.25) is 6.79 Å². The van der Waals surface area contributed by atoms with Crippen LogP contribution in [0.25, 0.3) is 5.70 Å². The Morgan fingerprint density at radius 2 is 1.93 bits per heavy atom. The first kappa shape index (κ1) is 18.0. The molecule has 4 rings (SSSR count). The first-order chi connectivity index (χ1) is 13.0. The van der Waals surface area contributed by atoms with E-state index in [9.17, 15) is 4.79 Å². The predicted molar refractivity (Wildman–Crippen MR) is 109 cm³/mol. The molecule has 0 fully saturated rings. The largest absolute Gasteiger partial charge is 0.493 e. The lowest BCUT2D eigenvalue weighted by Gasteiger charge is -2.18. The highest BCUT2D eigenvalue weighted by Gasteiger charge is 2.35. The zero-order valence-electron chi connectivity index (χ0n) is 15.0. The van der Waals surface area contributed by atoms with Crippen molar-refractivity contribution in [3.63, 3.8) is 0 Å². The number of nitrogens with zero attached hydrogens (tertiary/aromatic N) is 1. The summed E-state index contributed by atoms with van der Waals surface area (Å²) in [5, 5.41) is 0. The standard InChI is InChI=1S/C20H18INO5/c1-11-13-4-5-15(24-2)19(25-3)18(13)20(23)22(11)7-6-12-8-16-17(9-14(12)21)27-10-26-16/h4-5,8-9H,1,6-7,10H2,2-3H3. The molecule has 7 heteroatoms. The molecule has 0 radical (unpaired) electrons. The fraction of sp³-hybridized carbons (Fsp3) is 0.250. The summed E-state index contributed by atoms with van der Waals surface area (Å²) in [6, 6.07) is 7.58. The lowest BCUT2D eigenvalue weighted by molar-refractivity contribution is 0.0848. The van der Waals surface area contributed by atoms with Crippen molar-refractivity contribution in [2.45, 2.75) is 6.42 Å². The number of halogens is 1. The van der Waals surface area contributed by atoms with Gasteiger partial charge in [0.15, 0.2) is 23.0 Å². The maximum Gasteiger partial charge on any atom is 0.262 e. The monoisotopic (exact) mass is 479 g/mol. The van der Waals surface area contributed by atoms with Gasteiger partial charge in [0.05, 0.1) is 19.8 Å². The summed E-state index contributed by atoms with van der Waals surface area (Å²) in [6.07, 6.45) is 0.674. The molecule has 0 saturated carbocycles. The molecule has 0 N–H and O–H groups in total. The normalized spacial score (nSPS) is 14.6. The summed E-state index contributed by atoms with van der Waals surface area (Å²) in [5.74, 6) is 2.35. The first-order valence-electron chi connectivity index (χ1n) is 8.39. The molecule has 0 unspecified atom stereocenters. The number of amides is 1. The molecule has 1 amide bonds. The van der Waals surface area contributed by atoms with Gasteiger partial charge in [0.1, 0.15) is 0 Å². The van der Waals surface area contributed by atoms with Gasteiger partial charge in [-0.1, -0.05) is 6.58 Å². The number of fused-ring (bicyclic) bond motifs is 2. The van der Waals surface area contributed by atoms with Crippen LogP contribution in [0.5, 0.6) is 23.0 Å². The van der Waals surface area contributed by atoms with E-state index in [0.717, 1.165) is 26.2 Å². The Hall–Kier alpha value is -2.42. The fourth-order valence-corrected chi connectivity index (χ4v) is 4.11. The Morgan fingerprint density at radius 3 is 2.63 bits per heavy atom. The van der Waals surface area contributed by atoms with Crippen molar-refractivity contribution in [2.24, 2.45) is 0 Å². The van der Waals surface area contributed by atoms with Crippen LogP contribution in [0.15, 0.2) is 30.8 Å². The molecule has 0 aromatic heterocycles. The zero-order chi connectivity index (χ0) is 19.1. The first-order valence-corrected chi connectivity index (χ1v) is 9.47. The van der Waals surface area contributed by atoms with E-state index in [-0.39, 0.29) is 12.7 Å². The maximum atomic E-state index is 13.0. The van der Waals surface area contributed by atoms with Gasteiger partial charge in [-0.15, -0.1) is 0 Å². The van der Waals surface area contributed by atoms with Gasteiger partial charge in [0, 0.05) is 21.4 Å². The Labute approximate surface area is 170 Å². The molecule has 27 heavy (non-hydrogen) atoms. The molecule has 0 aliphatic carbocycles. The molecule has 0 saturated heterocycles. The van der Waals surface area contributed by atoms with Crippen molar-refractivity contribution >= 4 is 34.2 Å². The van der Waals surface area contributed by atoms with Gasteiger partial charge in [-0.05, 0) is 58.8 Å². The van der Waals surface area contributed by atoms with E-state index in [1.807, 2.05) is 18.2 Å². The van der Waals surface area contributed by atoms with Gasteiger partial charge in [-0.2, -0.15) is 0 Å². The Bertz CT molecular complexity index is 956. The van der Waals surface area contributed by atoms with Crippen LogP contribution in [0.3, 0.4) is 0 Å². The molecule has 2 aromatic carbocycles. The molecule has 0 spiro atoms. The third kappa shape index (κ3) is 2.90. The van der Waals surface area contributed by atoms with Crippen LogP contribution in [0.4, 0.5) is 0 Å². The molecule has 2 heterocycles. The highest BCUT2D eigenvalue weighted by molar-refractivity contribution is 14.1. The summed E-state index contributed by atoms with van der Waals surface area (Å²) in [6.45, 7) is 4.86. The minimum Gasteiger partial charge on any atom is -0.493 e. The van der Waals surface area contributed by atoms with E-state index in [1.54, 1.807) is 18.1 Å². The van der Waals surface area contributed by atoms with E-state index >= 15 is 0 Å². The number of ether oxygens (including phenoxy) is 4. The van der Waals surface area contributed by atoms with Crippen molar-refractivity contribution in [1.82, 2.24) is 4.90 Å². The van der Waals surface area contributed by atoms with E-state index in [2.05, 4.69) is 29.2 Å². The van der Waals surface area contributed by atoms with Gasteiger partial charge in [0.25, 0.3) is 5.91 Å². The number of carbonyl (C=O) groups excluding carboxylic acids is 1. The van der Waals surface area contributed by atoms with E-state index in [0.29, 0.717) is 35.7 Å². The van der Waals surface area contributed by atoms with Crippen LogP contribution < -0.4 is 18.9 Å². The Balaban J connectivity index is 1.59. The van der Waals surface area contributed by atoms with Crippen LogP contribution in [0, 0.1) is 3.57 Å². The number of benzene rings is 2. The van der Waals surface area contributed by atoms with E-state index in [1.165, 1.54) is 7.11 Å². The van der Waals surface area contributed by atoms with Crippen LogP contribution in [0.2, 0.25) is 0 Å². The molecular weight excluding hydrogens is 461 g/mol. The van der Waals surface area contributed by atoms with Gasteiger partial charge >= 0.3 is 0 Å². The summed E-state index contributed by atoms with van der Waals surface area (Å²) < 4.78 is 22.7. The SMILES string of the molecule is C=C1c2ccc(OC)c(OC)c2C(=O)N1CCc1cc2c(cc1I)OCO2. The second-order valence-corrected chi connectivity index (χ2v) is 7.34. The minimum absolute atomic E-state index is 0.124. The summed E-state index contributed by atoms with van der Waals surface area (Å²) in [4.78, 5) is 14.7. The smallest absolute Gasteiger partial charge is 0.262 e. The minimum atomic E-state index is -0.124. The molecule has 2 aliphatic heterocycles. The van der Waals surface area contributed by atoms with Crippen LogP contribution in [-0.2, 0) is 6.42 Å². The van der Waals surface area contributed by atoms with E-state index in [4.69, 9.17) is 18.9 Å². The highest BCUT2D eigenvalue weighted by Crippen LogP contribution is 2.42. The van der Waals surface area contributed by atoms with Crippen LogP contribution in [-0.4, -0.2) is 38.4 Å². The second kappa shape index (κ2) is 6.95. The maximum absolute atomic E-state index is 13.0. The summed E-state index contributed by atoms with van der Waals surface area (Å²) in [7, 11) is 3.09. The quantitative estimate of drug-likeness (QED) is 0.613. The summed E-state index contributed by atoms with van der Waals surface area (Å²) >= 11 is 2.27. The average molecular weight is 479 g/mol. The van der Waals surface area contributed by atoms with Crippen LogP contribution >= 0.6 is 22.6 Å². The average Bonchev–Trinajstić information content (AvgIpc) is 3.22. The zero-order valence-corrected chi connectivity index (χ0v) is 17.2. The lowest BCUT2D eigenvalue weighted by atomic mass is 10.1. The molecule has 0 atom stereocenters. The Morgan fingerprint density at radius 1 is 1.19 bits per heavy atom. The van der Waals surface area contributed by atoms with Crippen molar-refractivity contribution in [3.8, 4) is 23.0 Å². The van der Waals surface area contributed by atoms with Crippen LogP contribution in [0.1, 0.15) is 21.5 Å². The van der Waals surface area contributed by atoms with Gasteiger partial charge < -0.3 is 23.8 Å². The molecular formula is C20H18INO5. The number of carbonyl (C=O) groups is 1. The van der Waals surface area contributed by atoms with Crippen molar-refractivity contribution < 1.29 is 23.7 Å². The molecule has 2 aliphatic rings. The number of hydrogen-bond donors (Lipinski definition) is 0. The number of rotatable bonds is 5. The molecule has 140 valence electrons. The molecule has 6 nitrogen and oxygen atoms in total. The third-order valence-electron chi connectivity index (χ3n) is 4.79. The fourth-order valence-electron chi connectivity index (χ4n) is 3.40. The van der Waals surface area contributed by atoms with Crippen molar-refractivity contribution in [1.29, 1.82) is 0 Å². The number of hydrogen-bond acceptors (Lipinski definition) is 5. The topological polar surface area (TPSA) is 57.2 Å². The summed E-state index contributed by atoms with van der Waals surface area (Å²) in [5.41, 5.74) is 3.05. The van der Waals surface area contributed by atoms with Gasteiger partial charge in [-0.25, -0.2) is 0 Å². The van der Waals surface area contributed by atoms with Crippen molar-refractivity contribution in [3.05, 3.63) is 51.1 Å².